The van der Waals surface area contributed by atoms with Crippen molar-refractivity contribution in [2.75, 3.05) is 12.4 Å². The zero-order valence-corrected chi connectivity index (χ0v) is 16.6. The Morgan fingerprint density at radius 1 is 1.14 bits per heavy atom. The Bertz CT molecular complexity index is 929. The summed E-state index contributed by atoms with van der Waals surface area (Å²) in [4.78, 5) is 25.3. The van der Waals surface area contributed by atoms with Crippen molar-refractivity contribution in [2.24, 2.45) is 5.92 Å². The summed E-state index contributed by atoms with van der Waals surface area (Å²) in [7, 11) is 1.55. The van der Waals surface area contributed by atoms with Crippen LogP contribution in [0, 0.1) is 26.7 Å². The molecule has 0 bridgehead atoms. The Morgan fingerprint density at radius 3 is 2.43 bits per heavy atom. The van der Waals surface area contributed by atoms with Crippen molar-refractivity contribution in [1.82, 2.24) is 10.6 Å². The lowest BCUT2D eigenvalue weighted by Crippen LogP contribution is -2.52. The van der Waals surface area contributed by atoms with E-state index < -0.39 is 12.0 Å². The van der Waals surface area contributed by atoms with Crippen LogP contribution in [-0.2, 0) is 4.79 Å². The quantitative estimate of drug-likeness (QED) is 0.757. The SMILES string of the molecule is C=C1NC(=O)N[C@@H](c2c(C)cc(C)cc2C)[C@@H]1C(=O)Nc1ccccc1OC. The first-order chi connectivity index (χ1) is 13.3. The molecule has 1 fully saturated rings. The zero-order chi connectivity index (χ0) is 20.4. The van der Waals surface area contributed by atoms with E-state index in [0.717, 1.165) is 22.3 Å². The van der Waals surface area contributed by atoms with Gasteiger partial charge in [0.05, 0.1) is 18.8 Å². The van der Waals surface area contributed by atoms with Crippen LogP contribution in [0.4, 0.5) is 10.5 Å². The van der Waals surface area contributed by atoms with E-state index in [4.69, 9.17) is 4.74 Å². The van der Waals surface area contributed by atoms with Crippen molar-refractivity contribution in [3.05, 3.63) is 70.9 Å². The third-order valence-electron chi connectivity index (χ3n) is 4.97. The van der Waals surface area contributed by atoms with Crippen molar-refractivity contribution in [3.8, 4) is 5.75 Å². The van der Waals surface area contributed by atoms with Gasteiger partial charge in [0.2, 0.25) is 5.91 Å². The molecule has 6 nitrogen and oxygen atoms in total. The van der Waals surface area contributed by atoms with Gasteiger partial charge in [-0.3, -0.25) is 4.79 Å². The number of rotatable bonds is 4. The van der Waals surface area contributed by atoms with Gasteiger partial charge in [-0.1, -0.05) is 36.4 Å². The van der Waals surface area contributed by atoms with Gasteiger partial charge in [-0.05, 0) is 49.6 Å². The number of carbonyl (C=O) groups excluding carboxylic acids is 2. The first-order valence-corrected chi connectivity index (χ1v) is 9.09. The summed E-state index contributed by atoms with van der Waals surface area (Å²) in [6.07, 6.45) is 0. The van der Waals surface area contributed by atoms with Gasteiger partial charge in [-0.25, -0.2) is 4.79 Å². The Balaban J connectivity index is 2.00. The summed E-state index contributed by atoms with van der Waals surface area (Å²) in [6.45, 7) is 9.94. The lowest BCUT2D eigenvalue weighted by molar-refractivity contribution is -0.119. The number of para-hydroxylation sites is 2. The van der Waals surface area contributed by atoms with E-state index in [1.54, 1.807) is 19.2 Å². The maximum absolute atomic E-state index is 13.2. The molecule has 3 rings (SSSR count). The second-order valence-corrected chi connectivity index (χ2v) is 7.08. The molecule has 0 radical (unpaired) electrons. The molecule has 0 aromatic heterocycles. The number of ether oxygens (including phenoxy) is 1. The van der Waals surface area contributed by atoms with Gasteiger partial charge in [0.1, 0.15) is 11.7 Å². The molecule has 146 valence electrons. The van der Waals surface area contributed by atoms with E-state index in [0.29, 0.717) is 17.1 Å². The molecule has 28 heavy (non-hydrogen) atoms. The smallest absolute Gasteiger partial charge is 0.319 e. The molecule has 3 N–H and O–H groups in total. The van der Waals surface area contributed by atoms with E-state index in [1.165, 1.54) is 0 Å². The minimum absolute atomic E-state index is 0.272. The van der Waals surface area contributed by atoms with Crippen LogP contribution in [0.2, 0.25) is 0 Å². The maximum Gasteiger partial charge on any atom is 0.319 e. The molecule has 0 aliphatic carbocycles. The highest BCUT2D eigenvalue weighted by Crippen LogP contribution is 2.35. The van der Waals surface area contributed by atoms with Gasteiger partial charge in [-0.15, -0.1) is 0 Å². The first-order valence-electron chi connectivity index (χ1n) is 9.09. The van der Waals surface area contributed by atoms with Gasteiger partial charge < -0.3 is 20.7 Å². The number of anilines is 1. The highest BCUT2D eigenvalue weighted by molar-refractivity contribution is 5.98. The summed E-state index contributed by atoms with van der Waals surface area (Å²) in [6, 6.07) is 10.4. The highest BCUT2D eigenvalue weighted by atomic mass is 16.5. The second kappa shape index (κ2) is 7.76. The van der Waals surface area contributed by atoms with Gasteiger partial charge in [-0.2, -0.15) is 0 Å². The number of urea groups is 1. The second-order valence-electron chi connectivity index (χ2n) is 7.08. The zero-order valence-electron chi connectivity index (χ0n) is 16.6. The fraction of sp³-hybridized carbons (Fsp3) is 0.273. The Morgan fingerprint density at radius 2 is 1.79 bits per heavy atom. The van der Waals surface area contributed by atoms with Gasteiger partial charge in [0.25, 0.3) is 0 Å². The Kier molecular flexibility index (Phi) is 5.40. The monoisotopic (exact) mass is 379 g/mol. The molecule has 1 heterocycles. The Hall–Kier alpha value is -3.28. The number of methoxy groups -OCH3 is 1. The van der Waals surface area contributed by atoms with Crippen molar-refractivity contribution in [3.63, 3.8) is 0 Å². The summed E-state index contributed by atoms with van der Waals surface area (Å²) < 4.78 is 5.32. The lowest BCUT2D eigenvalue weighted by atomic mass is 9.83. The molecule has 2 atom stereocenters. The third-order valence-corrected chi connectivity index (χ3v) is 4.97. The number of hydrogen-bond donors (Lipinski definition) is 3. The predicted octanol–water partition coefficient (Wildman–Crippen LogP) is 3.74. The topological polar surface area (TPSA) is 79.5 Å². The summed E-state index contributed by atoms with van der Waals surface area (Å²) in [5.41, 5.74) is 5.03. The van der Waals surface area contributed by atoms with E-state index in [-0.39, 0.29) is 11.9 Å². The van der Waals surface area contributed by atoms with Crippen LogP contribution in [0.5, 0.6) is 5.75 Å². The molecule has 3 amide bonds. The van der Waals surface area contributed by atoms with Crippen molar-refractivity contribution in [2.45, 2.75) is 26.8 Å². The first kappa shape index (κ1) is 19.5. The van der Waals surface area contributed by atoms with Crippen LogP contribution in [0.1, 0.15) is 28.3 Å². The third kappa shape index (κ3) is 3.71. The van der Waals surface area contributed by atoms with E-state index in [2.05, 4.69) is 34.7 Å². The average molecular weight is 379 g/mol. The van der Waals surface area contributed by atoms with Crippen LogP contribution < -0.4 is 20.7 Å². The number of nitrogens with one attached hydrogen (secondary N) is 3. The maximum atomic E-state index is 13.2. The van der Waals surface area contributed by atoms with Crippen molar-refractivity contribution < 1.29 is 14.3 Å². The summed E-state index contributed by atoms with van der Waals surface area (Å²) in [5.74, 6) is -0.386. The summed E-state index contributed by atoms with van der Waals surface area (Å²) >= 11 is 0. The Labute approximate surface area is 165 Å². The fourth-order valence-electron chi connectivity index (χ4n) is 3.87. The number of amides is 3. The lowest BCUT2D eigenvalue weighted by Gasteiger charge is -2.35. The van der Waals surface area contributed by atoms with Crippen LogP contribution >= 0.6 is 0 Å². The number of hydrogen-bond acceptors (Lipinski definition) is 3. The fourth-order valence-corrected chi connectivity index (χ4v) is 3.87. The largest absolute Gasteiger partial charge is 0.495 e. The van der Waals surface area contributed by atoms with Gasteiger partial charge >= 0.3 is 6.03 Å². The molecule has 1 saturated heterocycles. The molecule has 2 aromatic rings. The van der Waals surface area contributed by atoms with Crippen molar-refractivity contribution >= 4 is 17.6 Å². The number of carbonyl (C=O) groups is 2. The van der Waals surface area contributed by atoms with Crippen LogP contribution in [0.3, 0.4) is 0 Å². The van der Waals surface area contributed by atoms with Gasteiger partial charge in [0.15, 0.2) is 0 Å². The molecule has 0 saturated carbocycles. The molecular formula is C22H25N3O3. The standard InChI is InChI=1S/C22H25N3O3/c1-12-10-13(2)18(14(3)11-12)20-19(15(4)23-22(27)25-20)21(26)24-16-8-6-7-9-17(16)28-5/h6-11,19-20H,4H2,1-3,5H3,(H,24,26)(H2,23,25,27)/t19-,20+/m1/s1. The van der Waals surface area contributed by atoms with E-state index in [9.17, 15) is 9.59 Å². The van der Waals surface area contributed by atoms with E-state index in [1.807, 2.05) is 32.9 Å². The average Bonchev–Trinajstić information content (AvgIpc) is 2.60. The van der Waals surface area contributed by atoms with Crippen LogP contribution in [0.25, 0.3) is 0 Å². The molecular weight excluding hydrogens is 354 g/mol. The number of aryl methyl sites for hydroxylation is 3. The predicted molar refractivity (Wildman–Crippen MR) is 109 cm³/mol. The summed E-state index contributed by atoms with van der Waals surface area (Å²) in [5, 5.41) is 8.46. The highest BCUT2D eigenvalue weighted by Gasteiger charge is 2.39. The normalized spacial score (nSPS) is 18.9. The molecule has 0 unspecified atom stereocenters. The van der Waals surface area contributed by atoms with Crippen molar-refractivity contribution in [1.29, 1.82) is 0 Å². The molecule has 2 aromatic carbocycles. The molecule has 0 spiro atoms. The van der Waals surface area contributed by atoms with Crippen LogP contribution in [0.15, 0.2) is 48.7 Å². The van der Waals surface area contributed by atoms with Crippen LogP contribution in [-0.4, -0.2) is 19.0 Å². The molecule has 1 aliphatic rings. The minimum Gasteiger partial charge on any atom is -0.495 e. The van der Waals surface area contributed by atoms with Gasteiger partial charge in [0, 0.05) is 5.70 Å². The number of benzene rings is 2. The molecule has 1 aliphatic heterocycles. The minimum atomic E-state index is -0.678. The molecule has 6 heteroatoms. The van der Waals surface area contributed by atoms with E-state index >= 15 is 0 Å².